The highest BCUT2D eigenvalue weighted by Gasteiger charge is 2.39. The minimum Gasteiger partial charge on any atom is -0.359 e. The molecule has 1 aliphatic heterocycles. The van der Waals surface area contributed by atoms with E-state index in [9.17, 15) is 23.8 Å². The fourth-order valence-electron chi connectivity index (χ4n) is 2.26. The molecule has 0 bridgehead atoms. The Kier molecular flexibility index (Phi) is 5.45. The first kappa shape index (κ1) is 18.9. The molecule has 0 spiro atoms. The van der Waals surface area contributed by atoms with E-state index < -0.39 is 49.5 Å². The van der Waals surface area contributed by atoms with Gasteiger partial charge in [0.05, 0.1) is 18.8 Å². The number of aromatic nitrogens is 2. The molecular weight excluding hydrogens is 359 g/mol. The van der Waals surface area contributed by atoms with Crippen LogP contribution in [0.25, 0.3) is 10.4 Å². The van der Waals surface area contributed by atoms with Gasteiger partial charge in [-0.2, -0.15) is 0 Å². The van der Waals surface area contributed by atoms with Gasteiger partial charge in [-0.15, -0.1) is 0 Å². The van der Waals surface area contributed by atoms with Crippen LogP contribution in [0.4, 0.5) is 4.79 Å². The standard InChI is InChI=1S/C11H15N6O7P/c1-5-3-17(11(20)14-9(5)18)8-2-6(15-16-13)7(24-8)4-23-25(21,22)10(12)19/h3,6-8H,2,4H2,1H3,(H2,12,19)(H,21,22)(H,14,18,20)/t6-,7+,8+/m0/s1. The summed E-state index contributed by atoms with van der Waals surface area (Å²) in [6.07, 6.45) is -0.572. The number of nitrogens with zero attached hydrogens (tertiary/aromatic N) is 4. The van der Waals surface area contributed by atoms with Crippen LogP contribution in [0.5, 0.6) is 0 Å². The molecule has 0 aromatic carbocycles. The predicted molar refractivity (Wildman–Crippen MR) is 82.9 cm³/mol. The topological polar surface area (TPSA) is 202 Å². The molecule has 2 rings (SSSR count). The number of primary amides is 1. The number of aromatic amines is 1. The van der Waals surface area contributed by atoms with Crippen LogP contribution < -0.4 is 17.0 Å². The summed E-state index contributed by atoms with van der Waals surface area (Å²) >= 11 is 0. The van der Waals surface area contributed by atoms with Crippen molar-refractivity contribution in [3.63, 3.8) is 0 Å². The number of ether oxygens (including phenoxy) is 1. The van der Waals surface area contributed by atoms with Crippen LogP contribution >= 0.6 is 7.60 Å². The smallest absolute Gasteiger partial charge is 0.359 e. The van der Waals surface area contributed by atoms with E-state index >= 15 is 0 Å². The number of amides is 1. The van der Waals surface area contributed by atoms with E-state index in [1.54, 1.807) is 0 Å². The maximum atomic E-state index is 11.9. The van der Waals surface area contributed by atoms with Gasteiger partial charge in [0.2, 0.25) is 0 Å². The van der Waals surface area contributed by atoms with E-state index in [1.807, 2.05) is 0 Å². The minimum absolute atomic E-state index is 0.0514. The van der Waals surface area contributed by atoms with Crippen LogP contribution in [-0.4, -0.2) is 38.8 Å². The number of aryl methyl sites for hydroxylation is 1. The third kappa shape index (κ3) is 4.16. The Morgan fingerprint density at radius 3 is 2.96 bits per heavy atom. The SMILES string of the molecule is Cc1cn([C@H]2C[C@H](N=[N+]=[N-])[C@@H](COP(=O)(O)C(N)=O)O2)c(=O)[nH]c1=O. The van der Waals surface area contributed by atoms with Gasteiger partial charge >= 0.3 is 18.9 Å². The largest absolute Gasteiger partial charge is 0.415 e. The molecule has 4 N–H and O–H groups in total. The lowest BCUT2D eigenvalue weighted by molar-refractivity contribution is -0.0235. The normalized spacial score (nSPS) is 25.1. The Morgan fingerprint density at radius 2 is 2.36 bits per heavy atom. The molecular formula is C11H15N6O7P. The molecule has 25 heavy (non-hydrogen) atoms. The molecule has 1 fully saturated rings. The highest BCUT2D eigenvalue weighted by atomic mass is 31.2. The maximum Gasteiger partial charge on any atom is 0.415 e. The lowest BCUT2D eigenvalue weighted by Crippen LogP contribution is -2.33. The van der Waals surface area contributed by atoms with Gasteiger partial charge < -0.3 is 15.4 Å². The van der Waals surface area contributed by atoms with Gasteiger partial charge in [0.25, 0.3) is 5.56 Å². The molecule has 13 nitrogen and oxygen atoms in total. The molecule has 1 aromatic heterocycles. The number of carbonyl (C=O) groups excluding carboxylic acids is 1. The summed E-state index contributed by atoms with van der Waals surface area (Å²) in [5.41, 5.74) is 10.8. The molecule has 1 aliphatic rings. The van der Waals surface area contributed by atoms with E-state index in [4.69, 9.17) is 16.0 Å². The van der Waals surface area contributed by atoms with Crippen molar-refractivity contribution >= 4 is 13.2 Å². The Morgan fingerprint density at radius 1 is 1.68 bits per heavy atom. The van der Waals surface area contributed by atoms with E-state index in [2.05, 4.69) is 19.5 Å². The van der Waals surface area contributed by atoms with Crippen LogP contribution in [0.1, 0.15) is 18.2 Å². The van der Waals surface area contributed by atoms with Gasteiger partial charge in [-0.1, -0.05) is 5.11 Å². The van der Waals surface area contributed by atoms with Crippen LogP contribution in [0.3, 0.4) is 0 Å². The summed E-state index contributed by atoms with van der Waals surface area (Å²) < 4.78 is 22.6. The summed E-state index contributed by atoms with van der Waals surface area (Å²) in [4.78, 5) is 48.2. The summed E-state index contributed by atoms with van der Waals surface area (Å²) in [5, 5.41) is 3.50. The number of rotatable bonds is 6. The molecule has 1 saturated heterocycles. The van der Waals surface area contributed by atoms with Gasteiger partial charge in [0.15, 0.2) is 0 Å². The lowest BCUT2D eigenvalue weighted by atomic mass is 10.1. The van der Waals surface area contributed by atoms with Crippen LogP contribution in [0.15, 0.2) is 20.9 Å². The first-order valence-corrected chi connectivity index (χ1v) is 8.52. The highest BCUT2D eigenvalue weighted by Crippen LogP contribution is 2.43. The fourth-order valence-corrected chi connectivity index (χ4v) is 2.74. The second-order valence-electron chi connectivity index (χ2n) is 5.27. The number of nitrogens with one attached hydrogen (secondary N) is 1. The zero-order valence-electron chi connectivity index (χ0n) is 12.9. The molecule has 0 radical (unpaired) electrons. The van der Waals surface area contributed by atoms with Gasteiger partial charge in [-0.25, -0.2) is 9.36 Å². The van der Waals surface area contributed by atoms with Crippen molar-refractivity contribution < 1.29 is 23.5 Å². The van der Waals surface area contributed by atoms with Gasteiger partial charge in [0, 0.05) is 23.1 Å². The molecule has 1 aromatic rings. The lowest BCUT2D eigenvalue weighted by Gasteiger charge is -2.17. The first-order valence-electron chi connectivity index (χ1n) is 6.94. The summed E-state index contributed by atoms with van der Waals surface area (Å²) in [7, 11) is -4.67. The monoisotopic (exact) mass is 374 g/mol. The summed E-state index contributed by atoms with van der Waals surface area (Å²) in [5.74, 6) is 0. The van der Waals surface area contributed by atoms with Crippen molar-refractivity contribution in [1.29, 1.82) is 0 Å². The Bertz CT molecular complexity index is 888. The van der Waals surface area contributed by atoms with E-state index in [0.717, 1.165) is 4.57 Å². The molecule has 0 aliphatic carbocycles. The van der Waals surface area contributed by atoms with Gasteiger partial charge in [0.1, 0.15) is 6.23 Å². The van der Waals surface area contributed by atoms with E-state index in [1.165, 1.54) is 13.1 Å². The van der Waals surface area contributed by atoms with Crippen molar-refractivity contribution in [3.8, 4) is 0 Å². The molecule has 2 heterocycles. The molecule has 4 atom stereocenters. The van der Waals surface area contributed by atoms with Gasteiger partial charge in [-0.3, -0.25) is 23.7 Å². The summed E-state index contributed by atoms with van der Waals surface area (Å²) in [6.45, 7) is 0.929. The average Bonchev–Trinajstić information content (AvgIpc) is 2.92. The maximum absolute atomic E-state index is 11.9. The second-order valence-corrected chi connectivity index (χ2v) is 7.01. The first-order chi connectivity index (χ1) is 11.7. The van der Waals surface area contributed by atoms with Crippen LogP contribution in [0, 0.1) is 6.92 Å². The van der Waals surface area contributed by atoms with Gasteiger partial charge in [-0.05, 0) is 12.5 Å². The Labute approximate surface area is 139 Å². The number of azide groups is 1. The highest BCUT2D eigenvalue weighted by molar-refractivity contribution is 7.70. The summed E-state index contributed by atoms with van der Waals surface area (Å²) in [6, 6.07) is -0.831. The molecule has 136 valence electrons. The third-order valence-electron chi connectivity index (χ3n) is 3.55. The Balaban J connectivity index is 2.23. The zero-order valence-corrected chi connectivity index (χ0v) is 13.8. The van der Waals surface area contributed by atoms with Crippen molar-refractivity contribution in [2.75, 3.05) is 6.61 Å². The van der Waals surface area contributed by atoms with Crippen molar-refractivity contribution in [2.24, 2.45) is 10.8 Å². The molecule has 1 unspecified atom stereocenters. The van der Waals surface area contributed by atoms with Crippen LogP contribution in [0.2, 0.25) is 0 Å². The Hall–Kier alpha value is -2.43. The van der Waals surface area contributed by atoms with Crippen molar-refractivity contribution in [3.05, 3.63) is 43.0 Å². The van der Waals surface area contributed by atoms with Crippen LogP contribution in [-0.2, 0) is 13.8 Å². The molecule has 14 heteroatoms. The predicted octanol–water partition coefficient (Wildman–Crippen LogP) is 0.0921. The van der Waals surface area contributed by atoms with E-state index in [0.29, 0.717) is 0 Å². The quantitative estimate of drug-likeness (QED) is 0.271. The minimum atomic E-state index is -4.67. The number of H-pyrrole nitrogens is 1. The number of carbonyl (C=O) groups is 1. The average molecular weight is 374 g/mol. The molecule has 1 amide bonds. The van der Waals surface area contributed by atoms with Crippen molar-refractivity contribution in [1.82, 2.24) is 9.55 Å². The van der Waals surface area contributed by atoms with E-state index in [-0.39, 0.29) is 12.0 Å². The molecule has 0 saturated carbocycles. The third-order valence-corrected chi connectivity index (χ3v) is 4.61. The number of hydrogen-bond donors (Lipinski definition) is 3. The van der Waals surface area contributed by atoms with Crippen molar-refractivity contribution in [2.45, 2.75) is 31.7 Å². The zero-order chi connectivity index (χ0) is 18.8. The fraction of sp³-hybridized carbons (Fsp3) is 0.545. The second kappa shape index (κ2) is 7.21. The number of nitrogens with two attached hydrogens (primary N) is 1. The number of hydrogen-bond acceptors (Lipinski definition) is 7.